The van der Waals surface area contributed by atoms with E-state index in [9.17, 15) is 9.59 Å². The number of nitrogens with zero attached hydrogens (tertiary/aromatic N) is 2. The minimum Gasteiger partial charge on any atom is -0.496 e. The Kier molecular flexibility index (Phi) is 5.46. The molecule has 2 aliphatic rings. The van der Waals surface area contributed by atoms with Crippen molar-refractivity contribution in [3.63, 3.8) is 0 Å². The molecule has 6 heteroatoms. The van der Waals surface area contributed by atoms with Crippen LogP contribution < -0.4 is 10.1 Å². The summed E-state index contributed by atoms with van der Waals surface area (Å²) in [5.74, 6) is 1.27. The van der Waals surface area contributed by atoms with Crippen molar-refractivity contribution in [1.82, 2.24) is 15.1 Å². The SMILES string of the molecule is COc1ccccc1[C@@H](C)NC(=O)N1CCN(C(=O)C2CCC2)CC1. The molecule has 0 bridgehead atoms. The summed E-state index contributed by atoms with van der Waals surface area (Å²) in [6, 6.07) is 7.47. The topological polar surface area (TPSA) is 61.9 Å². The molecule has 1 aromatic rings. The molecule has 0 unspecified atom stereocenters. The lowest BCUT2D eigenvalue weighted by Crippen LogP contribution is -2.54. The Bertz CT molecular complexity index is 622. The molecule has 1 saturated heterocycles. The Balaban J connectivity index is 1.51. The highest BCUT2D eigenvalue weighted by Gasteiger charge is 2.32. The smallest absolute Gasteiger partial charge is 0.317 e. The summed E-state index contributed by atoms with van der Waals surface area (Å²) in [5, 5.41) is 3.03. The number of benzene rings is 1. The summed E-state index contributed by atoms with van der Waals surface area (Å²) in [5.41, 5.74) is 0.956. The Morgan fingerprint density at radius 3 is 2.36 bits per heavy atom. The van der Waals surface area contributed by atoms with E-state index in [1.165, 1.54) is 6.42 Å². The summed E-state index contributed by atoms with van der Waals surface area (Å²) in [7, 11) is 1.63. The van der Waals surface area contributed by atoms with E-state index < -0.39 is 0 Å². The lowest BCUT2D eigenvalue weighted by molar-refractivity contribution is -0.139. The van der Waals surface area contributed by atoms with Crippen molar-refractivity contribution in [2.75, 3.05) is 33.3 Å². The highest BCUT2D eigenvalue weighted by atomic mass is 16.5. The summed E-state index contributed by atoms with van der Waals surface area (Å²) in [6.07, 6.45) is 3.21. The maximum absolute atomic E-state index is 12.5. The van der Waals surface area contributed by atoms with Crippen LogP contribution in [0.3, 0.4) is 0 Å². The van der Waals surface area contributed by atoms with E-state index in [4.69, 9.17) is 4.74 Å². The van der Waals surface area contributed by atoms with E-state index in [2.05, 4.69) is 5.32 Å². The number of urea groups is 1. The van der Waals surface area contributed by atoms with Crippen molar-refractivity contribution >= 4 is 11.9 Å². The molecule has 25 heavy (non-hydrogen) atoms. The number of carbonyl (C=O) groups excluding carboxylic acids is 2. The summed E-state index contributed by atoms with van der Waals surface area (Å²) < 4.78 is 5.36. The Morgan fingerprint density at radius 1 is 1.12 bits per heavy atom. The van der Waals surface area contributed by atoms with Crippen LogP contribution in [0.1, 0.15) is 37.8 Å². The van der Waals surface area contributed by atoms with Crippen molar-refractivity contribution in [2.24, 2.45) is 5.92 Å². The predicted molar refractivity (Wildman–Crippen MR) is 95.4 cm³/mol. The van der Waals surface area contributed by atoms with Gasteiger partial charge in [0.05, 0.1) is 13.2 Å². The molecular weight excluding hydrogens is 318 g/mol. The minimum atomic E-state index is -0.140. The van der Waals surface area contributed by atoms with E-state index in [1.54, 1.807) is 12.0 Å². The number of piperazine rings is 1. The van der Waals surface area contributed by atoms with Crippen molar-refractivity contribution in [2.45, 2.75) is 32.2 Å². The van der Waals surface area contributed by atoms with Gasteiger partial charge in [-0.1, -0.05) is 24.6 Å². The molecule has 1 N–H and O–H groups in total. The van der Waals surface area contributed by atoms with Gasteiger partial charge < -0.3 is 19.9 Å². The highest BCUT2D eigenvalue weighted by Crippen LogP contribution is 2.28. The third kappa shape index (κ3) is 3.89. The minimum absolute atomic E-state index is 0.0888. The Hall–Kier alpha value is -2.24. The van der Waals surface area contributed by atoms with Crippen LogP contribution in [0.25, 0.3) is 0 Å². The predicted octanol–water partition coefficient (Wildman–Crippen LogP) is 2.41. The van der Waals surface area contributed by atoms with Crippen LogP contribution in [0.15, 0.2) is 24.3 Å². The first-order valence-corrected chi connectivity index (χ1v) is 9.07. The van der Waals surface area contributed by atoms with Crippen molar-refractivity contribution in [3.05, 3.63) is 29.8 Å². The second kappa shape index (κ2) is 7.76. The lowest BCUT2D eigenvalue weighted by Gasteiger charge is -2.38. The number of amides is 3. The second-order valence-corrected chi connectivity index (χ2v) is 6.85. The van der Waals surface area contributed by atoms with Crippen LogP contribution in [0, 0.1) is 5.92 Å². The van der Waals surface area contributed by atoms with Crippen molar-refractivity contribution < 1.29 is 14.3 Å². The van der Waals surface area contributed by atoms with Crippen molar-refractivity contribution in [3.8, 4) is 5.75 Å². The molecule has 0 aromatic heterocycles. The van der Waals surface area contributed by atoms with Gasteiger partial charge in [-0.15, -0.1) is 0 Å². The molecule has 1 aliphatic carbocycles. The van der Waals surface area contributed by atoms with Crippen LogP contribution in [0.4, 0.5) is 4.79 Å². The monoisotopic (exact) mass is 345 g/mol. The fraction of sp³-hybridized carbons (Fsp3) is 0.579. The number of hydrogen-bond acceptors (Lipinski definition) is 3. The summed E-state index contributed by atoms with van der Waals surface area (Å²) in [6.45, 7) is 4.38. The van der Waals surface area contributed by atoms with Gasteiger partial charge in [-0.05, 0) is 25.8 Å². The molecule has 0 spiro atoms. The summed E-state index contributed by atoms with van der Waals surface area (Å²) in [4.78, 5) is 28.5. The van der Waals surface area contributed by atoms with E-state index in [0.29, 0.717) is 26.2 Å². The number of methoxy groups -OCH3 is 1. The second-order valence-electron chi connectivity index (χ2n) is 6.85. The number of rotatable bonds is 4. The van der Waals surface area contributed by atoms with E-state index in [0.717, 1.165) is 24.2 Å². The first-order valence-electron chi connectivity index (χ1n) is 9.07. The average Bonchev–Trinajstić information content (AvgIpc) is 2.60. The van der Waals surface area contributed by atoms with Gasteiger partial charge in [0.25, 0.3) is 0 Å². The van der Waals surface area contributed by atoms with Gasteiger partial charge in [-0.25, -0.2) is 4.79 Å². The molecule has 0 radical (unpaired) electrons. The maximum Gasteiger partial charge on any atom is 0.317 e. The number of nitrogens with one attached hydrogen (secondary N) is 1. The lowest BCUT2D eigenvalue weighted by atomic mass is 9.84. The molecule has 2 fully saturated rings. The van der Waals surface area contributed by atoms with Gasteiger partial charge in [0.2, 0.25) is 5.91 Å². The number of carbonyl (C=O) groups is 2. The van der Waals surface area contributed by atoms with E-state index >= 15 is 0 Å². The molecule has 136 valence electrons. The third-order valence-electron chi connectivity index (χ3n) is 5.28. The molecule has 1 atom stereocenters. The Morgan fingerprint density at radius 2 is 1.76 bits per heavy atom. The fourth-order valence-corrected chi connectivity index (χ4v) is 3.42. The molecule has 1 saturated carbocycles. The molecule has 3 amide bonds. The molecule has 1 aliphatic heterocycles. The standard InChI is InChI=1S/C19H27N3O3/c1-14(16-8-3-4-9-17(16)25-2)20-19(24)22-12-10-21(11-13-22)18(23)15-6-5-7-15/h3-4,8-9,14-15H,5-7,10-13H2,1-2H3,(H,20,24)/t14-/m1/s1. The zero-order valence-corrected chi connectivity index (χ0v) is 15.0. The van der Waals surface area contributed by atoms with Crippen LogP contribution >= 0.6 is 0 Å². The van der Waals surface area contributed by atoms with Crippen molar-refractivity contribution in [1.29, 1.82) is 0 Å². The number of para-hydroxylation sites is 1. The number of hydrogen-bond donors (Lipinski definition) is 1. The van der Waals surface area contributed by atoms with E-state index in [1.807, 2.05) is 36.1 Å². The van der Waals surface area contributed by atoms with Crippen LogP contribution in [0.2, 0.25) is 0 Å². The molecule has 1 heterocycles. The van der Waals surface area contributed by atoms with Crippen LogP contribution in [0.5, 0.6) is 5.75 Å². The van der Waals surface area contributed by atoms with E-state index in [-0.39, 0.29) is 23.9 Å². The highest BCUT2D eigenvalue weighted by molar-refractivity contribution is 5.80. The van der Waals surface area contributed by atoms with Gasteiger partial charge in [-0.2, -0.15) is 0 Å². The van der Waals surface area contributed by atoms with Gasteiger partial charge in [0.1, 0.15) is 5.75 Å². The Labute approximate surface area is 149 Å². The zero-order chi connectivity index (χ0) is 17.8. The largest absolute Gasteiger partial charge is 0.496 e. The van der Waals surface area contributed by atoms with Crippen LogP contribution in [-0.4, -0.2) is 55.0 Å². The normalized spacial score (nSPS) is 19.1. The quantitative estimate of drug-likeness (QED) is 0.911. The number of ether oxygens (including phenoxy) is 1. The zero-order valence-electron chi connectivity index (χ0n) is 15.0. The first-order chi connectivity index (χ1) is 12.1. The molecule has 6 nitrogen and oxygen atoms in total. The maximum atomic E-state index is 12.5. The summed E-state index contributed by atoms with van der Waals surface area (Å²) >= 11 is 0. The van der Waals surface area contributed by atoms with Gasteiger partial charge >= 0.3 is 6.03 Å². The van der Waals surface area contributed by atoms with Gasteiger partial charge in [0, 0.05) is 37.7 Å². The molecule has 1 aromatic carbocycles. The van der Waals surface area contributed by atoms with Gasteiger partial charge in [0.15, 0.2) is 0 Å². The third-order valence-corrected chi connectivity index (χ3v) is 5.28. The first kappa shape index (κ1) is 17.6. The molecule has 3 rings (SSSR count). The fourth-order valence-electron chi connectivity index (χ4n) is 3.42. The van der Waals surface area contributed by atoms with Crippen LogP contribution in [-0.2, 0) is 4.79 Å². The average molecular weight is 345 g/mol. The van der Waals surface area contributed by atoms with Gasteiger partial charge in [-0.3, -0.25) is 4.79 Å². The molecular formula is C19H27N3O3.